The molecule has 2 aromatic carbocycles. The summed E-state index contributed by atoms with van der Waals surface area (Å²) in [5, 5.41) is 7.32. The van der Waals surface area contributed by atoms with Crippen molar-refractivity contribution in [2.24, 2.45) is 0 Å². The fourth-order valence-corrected chi connectivity index (χ4v) is 4.54. The molecule has 0 spiro atoms. The van der Waals surface area contributed by atoms with Gasteiger partial charge in [-0.3, -0.25) is 0 Å². The second-order valence-corrected chi connectivity index (χ2v) is 8.82. The molecule has 0 amide bonds. The van der Waals surface area contributed by atoms with Crippen LogP contribution in [0.15, 0.2) is 54.6 Å². The van der Waals surface area contributed by atoms with E-state index in [-0.39, 0.29) is 5.92 Å². The number of likely N-dealkylation sites (N-methyl/N-ethyl adjacent to an activating group) is 1. The van der Waals surface area contributed by atoms with E-state index in [9.17, 15) is 8.78 Å². The quantitative estimate of drug-likeness (QED) is 0.418. The van der Waals surface area contributed by atoms with Crippen LogP contribution < -0.4 is 0 Å². The molecule has 0 bridgehead atoms. The van der Waals surface area contributed by atoms with E-state index >= 15 is 0 Å². The highest BCUT2D eigenvalue weighted by Gasteiger charge is 2.31. The zero-order chi connectivity index (χ0) is 23.3. The molecule has 174 valence electrons. The van der Waals surface area contributed by atoms with Crippen molar-refractivity contribution in [3.8, 4) is 6.07 Å². The Morgan fingerprint density at radius 1 is 0.969 bits per heavy atom. The number of hydrogen-bond acceptors (Lipinski definition) is 2. The van der Waals surface area contributed by atoms with Gasteiger partial charge in [0.15, 0.2) is 0 Å². The highest BCUT2D eigenvalue weighted by molar-refractivity contribution is 5.26. The molecule has 1 saturated carbocycles. The first-order valence-corrected chi connectivity index (χ1v) is 11.9. The van der Waals surface area contributed by atoms with Gasteiger partial charge in [0.05, 0.1) is 6.07 Å². The lowest BCUT2D eigenvalue weighted by molar-refractivity contribution is 0.108. The first-order chi connectivity index (χ1) is 15.5. The van der Waals surface area contributed by atoms with Crippen LogP contribution in [0, 0.1) is 11.3 Å². The highest BCUT2D eigenvalue weighted by atomic mass is 19.2. The largest absolute Gasteiger partial charge is 0.303 e. The molecular weight excluding hydrogens is 402 g/mol. The smallest absolute Gasteiger partial charge is 0.132 e. The molecule has 0 aromatic heterocycles. The monoisotopic (exact) mass is 440 g/mol. The Balaban J connectivity index is 0.00000114. The van der Waals surface area contributed by atoms with Crippen molar-refractivity contribution in [2.45, 2.75) is 83.1 Å². The van der Waals surface area contributed by atoms with E-state index < -0.39 is 12.3 Å². The van der Waals surface area contributed by atoms with Crippen molar-refractivity contribution in [1.82, 2.24) is 4.90 Å². The number of nitriles is 1. The number of benzene rings is 2. The number of nitrogens with zero attached hydrogens (tertiary/aromatic N) is 2. The maximum absolute atomic E-state index is 13.7. The third-order valence-corrected chi connectivity index (χ3v) is 6.60. The lowest BCUT2D eigenvalue weighted by atomic mass is 9.82. The Hall–Kier alpha value is -2.25. The normalized spacial score (nSPS) is 21.3. The summed E-state index contributed by atoms with van der Waals surface area (Å²) in [4.78, 5) is 2.48. The summed E-state index contributed by atoms with van der Waals surface area (Å²) in [6.45, 7) is 4.77. The van der Waals surface area contributed by atoms with Gasteiger partial charge in [0, 0.05) is 19.5 Å². The van der Waals surface area contributed by atoms with Crippen LogP contribution in [0.25, 0.3) is 0 Å². The van der Waals surface area contributed by atoms with Gasteiger partial charge in [-0.05, 0) is 74.6 Å². The Morgan fingerprint density at radius 2 is 1.59 bits per heavy atom. The molecule has 2 aromatic rings. The number of halogens is 2. The maximum Gasteiger partial charge on any atom is 0.132 e. The van der Waals surface area contributed by atoms with Gasteiger partial charge in [0.1, 0.15) is 12.3 Å². The standard InChI is InChI=1S/C26H35F2N.C2H3N/c1-3-24(29(2)18-17-20-7-5-4-6-8-20)15-11-21-9-12-22(13-10-21)23-14-16-25(27)26(28)19-23;1-2-3/h4-10,12-13,23-26H,3,11,14-19H2,1-2H3;1H3. The minimum atomic E-state index is -1.30. The average Bonchev–Trinajstić information content (AvgIpc) is 2.81. The summed E-state index contributed by atoms with van der Waals surface area (Å²) < 4.78 is 27.1. The Labute approximate surface area is 193 Å². The molecule has 4 unspecified atom stereocenters. The SMILES string of the molecule is CC#N.CCC(CCc1ccc(C2CCC(F)C(F)C2)cc1)N(C)CCc1ccccc1. The molecule has 0 N–H and O–H groups in total. The van der Waals surface area contributed by atoms with Gasteiger partial charge in [-0.1, -0.05) is 61.5 Å². The van der Waals surface area contributed by atoms with Crippen LogP contribution in [0.3, 0.4) is 0 Å². The van der Waals surface area contributed by atoms with Gasteiger partial charge in [-0.15, -0.1) is 0 Å². The molecule has 1 aliphatic rings. The van der Waals surface area contributed by atoms with Crippen LogP contribution in [0.1, 0.15) is 68.6 Å². The van der Waals surface area contributed by atoms with Crippen molar-refractivity contribution in [3.05, 3.63) is 71.3 Å². The minimum Gasteiger partial charge on any atom is -0.303 e. The Kier molecular flexibility index (Phi) is 11.4. The van der Waals surface area contributed by atoms with Crippen molar-refractivity contribution in [1.29, 1.82) is 5.26 Å². The maximum atomic E-state index is 13.7. The van der Waals surface area contributed by atoms with Crippen LogP contribution in [-0.4, -0.2) is 36.9 Å². The Morgan fingerprint density at radius 3 is 2.19 bits per heavy atom. The van der Waals surface area contributed by atoms with Crippen LogP contribution >= 0.6 is 0 Å². The topological polar surface area (TPSA) is 27.0 Å². The molecule has 1 fully saturated rings. The zero-order valence-electron chi connectivity index (χ0n) is 19.8. The highest BCUT2D eigenvalue weighted by Crippen LogP contribution is 2.35. The fourth-order valence-electron chi connectivity index (χ4n) is 4.54. The molecule has 4 atom stereocenters. The van der Waals surface area contributed by atoms with Gasteiger partial charge < -0.3 is 4.90 Å². The number of rotatable bonds is 9. The first kappa shape index (κ1) is 26.0. The summed E-state index contributed by atoms with van der Waals surface area (Å²) in [6, 6.07) is 21.6. The molecule has 4 heteroatoms. The molecule has 1 aliphatic carbocycles. The summed E-state index contributed by atoms with van der Waals surface area (Å²) in [5.74, 6) is 0.165. The molecule has 32 heavy (non-hydrogen) atoms. The summed E-state index contributed by atoms with van der Waals surface area (Å²) in [7, 11) is 2.23. The molecule has 2 nitrogen and oxygen atoms in total. The molecule has 3 rings (SSSR count). The van der Waals surface area contributed by atoms with Crippen molar-refractivity contribution >= 4 is 0 Å². The molecular formula is C28H38F2N2. The predicted molar refractivity (Wildman–Crippen MR) is 129 cm³/mol. The minimum absolute atomic E-state index is 0.165. The molecule has 0 radical (unpaired) electrons. The van der Waals surface area contributed by atoms with E-state index in [0.717, 1.165) is 44.2 Å². The van der Waals surface area contributed by atoms with Gasteiger partial charge >= 0.3 is 0 Å². The van der Waals surface area contributed by atoms with Crippen LogP contribution in [0.2, 0.25) is 0 Å². The van der Waals surface area contributed by atoms with Crippen LogP contribution in [0.5, 0.6) is 0 Å². The Bertz CT molecular complexity index is 800. The number of aryl methyl sites for hydroxylation is 1. The van der Waals surface area contributed by atoms with E-state index in [1.54, 1.807) is 6.07 Å². The van der Waals surface area contributed by atoms with Crippen molar-refractivity contribution < 1.29 is 8.78 Å². The molecule has 0 saturated heterocycles. The summed E-state index contributed by atoms with van der Waals surface area (Å²) >= 11 is 0. The van der Waals surface area contributed by atoms with E-state index in [1.807, 2.05) is 0 Å². The lowest BCUT2D eigenvalue weighted by Gasteiger charge is -2.28. The fraction of sp³-hybridized carbons (Fsp3) is 0.536. The van der Waals surface area contributed by atoms with Crippen LogP contribution in [0.4, 0.5) is 8.78 Å². The summed E-state index contributed by atoms with van der Waals surface area (Å²) in [6.07, 6.45) is 3.28. The zero-order valence-corrected chi connectivity index (χ0v) is 19.8. The van der Waals surface area contributed by atoms with Crippen molar-refractivity contribution in [2.75, 3.05) is 13.6 Å². The average molecular weight is 441 g/mol. The third-order valence-electron chi connectivity index (χ3n) is 6.60. The lowest BCUT2D eigenvalue weighted by Crippen LogP contribution is -2.33. The summed E-state index contributed by atoms with van der Waals surface area (Å²) in [5.41, 5.74) is 3.89. The van der Waals surface area contributed by atoms with Gasteiger partial charge in [0.2, 0.25) is 0 Å². The van der Waals surface area contributed by atoms with E-state index in [2.05, 4.69) is 73.5 Å². The van der Waals surface area contributed by atoms with E-state index in [0.29, 0.717) is 18.9 Å². The second kappa shape index (κ2) is 14.0. The third kappa shape index (κ3) is 8.36. The molecule has 0 aliphatic heterocycles. The van der Waals surface area contributed by atoms with Crippen molar-refractivity contribution in [3.63, 3.8) is 0 Å². The number of alkyl halides is 2. The number of hydrogen-bond donors (Lipinski definition) is 0. The molecule has 0 heterocycles. The van der Waals surface area contributed by atoms with Gasteiger partial charge in [0.25, 0.3) is 0 Å². The van der Waals surface area contributed by atoms with Crippen LogP contribution in [-0.2, 0) is 12.8 Å². The van der Waals surface area contributed by atoms with E-state index in [1.165, 1.54) is 18.1 Å². The first-order valence-electron chi connectivity index (χ1n) is 11.9. The van der Waals surface area contributed by atoms with Gasteiger partial charge in [-0.2, -0.15) is 5.26 Å². The predicted octanol–water partition coefficient (Wildman–Crippen LogP) is 7.05. The van der Waals surface area contributed by atoms with Gasteiger partial charge in [-0.25, -0.2) is 8.78 Å². The van der Waals surface area contributed by atoms with E-state index in [4.69, 9.17) is 5.26 Å². The second-order valence-electron chi connectivity index (χ2n) is 8.82.